The summed E-state index contributed by atoms with van der Waals surface area (Å²) in [5.74, 6) is 0.919. The molecule has 1 unspecified atom stereocenters. The number of hydrogen-bond acceptors (Lipinski definition) is 5. The summed E-state index contributed by atoms with van der Waals surface area (Å²) in [5, 5.41) is 2.85. The molecule has 2 aromatic rings. The van der Waals surface area contributed by atoms with Crippen molar-refractivity contribution in [2.75, 3.05) is 12.4 Å². The number of ether oxygens (including phenoxy) is 2. The van der Waals surface area contributed by atoms with Gasteiger partial charge in [-0.3, -0.25) is 9.78 Å². The van der Waals surface area contributed by atoms with Gasteiger partial charge >= 0.3 is 0 Å². The molecule has 26 heavy (non-hydrogen) atoms. The van der Waals surface area contributed by atoms with Crippen LogP contribution in [0.5, 0.6) is 11.5 Å². The summed E-state index contributed by atoms with van der Waals surface area (Å²) in [6.07, 6.45) is 4.87. The summed E-state index contributed by atoms with van der Waals surface area (Å²) in [5.41, 5.74) is 6.77. The highest BCUT2D eigenvalue weighted by Gasteiger charge is 2.27. The number of benzene rings is 1. The number of nitrogens with one attached hydrogen (secondary N) is 1. The molecule has 0 bridgehead atoms. The van der Waals surface area contributed by atoms with Crippen LogP contribution in [-0.4, -0.2) is 23.5 Å². The van der Waals surface area contributed by atoms with E-state index in [-0.39, 0.29) is 18.3 Å². The van der Waals surface area contributed by atoms with Crippen LogP contribution in [0.15, 0.2) is 42.7 Å². The van der Waals surface area contributed by atoms with Crippen LogP contribution in [0.25, 0.3) is 0 Å². The smallest absolute Gasteiger partial charge is 0.244 e. The van der Waals surface area contributed by atoms with Gasteiger partial charge in [-0.25, -0.2) is 0 Å². The Morgan fingerprint density at radius 3 is 2.54 bits per heavy atom. The molecule has 6 nitrogen and oxygen atoms in total. The molecule has 7 heteroatoms. The van der Waals surface area contributed by atoms with E-state index in [4.69, 9.17) is 15.2 Å². The first kappa shape index (κ1) is 21.7. The highest BCUT2D eigenvalue weighted by atomic mass is 35.5. The Morgan fingerprint density at radius 1 is 1.23 bits per heavy atom. The van der Waals surface area contributed by atoms with Gasteiger partial charge in [0.15, 0.2) is 11.5 Å². The SMILES string of the molecule is CCCC(C)(N)C(=O)Nc1ccc(OC)c(OCc2ccncc2)c1.Cl. The molecule has 1 aromatic heterocycles. The predicted octanol–water partition coefficient (Wildman–Crippen LogP) is 3.55. The Balaban J connectivity index is 0.00000338. The van der Waals surface area contributed by atoms with Crippen molar-refractivity contribution in [3.8, 4) is 11.5 Å². The molecule has 142 valence electrons. The second kappa shape index (κ2) is 9.99. The number of rotatable bonds is 8. The van der Waals surface area contributed by atoms with Gasteiger partial charge in [0.25, 0.3) is 0 Å². The average Bonchev–Trinajstić information content (AvgIpc) is 2.61. The van der Waals surface area contributed by atoms with Gasteiger partial charge in [0.05, 0.1) is 12.6 Å². The fourth-order valence-corrected chi connectivity index (χ4v) is 2.41. The number of aromatic nitrogens is 1. The maximum atomic E-state index is 12.4. The molecule has 3 N–H and O–H groups in total. The van der Waals surface area contributed by atoms with Crippen LogP contribution in [0.4, 0.5) is 5.69 Å². The van der Waals surface area contributed by atoms with Crippen molar-refractivity contribution in [1.82, 2.24) is 4.98 Å². The highest BCUT2D eigenvalue weighted by Crippen LogP contribution is 2.31. The second-order valence-electron chi connectivity index (χ2n) is 6.13. The van der Waals surface area contributed by atoms with E-state index >= 15 is 0 Å². The van der Waals surface area contributed by atoms with Crippen molar-refractivity contribution in [2.45, 2.75) is 38.8 Å². The molecule has 0 fully saturated rings. The molecule has 1 heterocycles. The van der Waals surface area contributed by atoms with Crippen molar-refractivity contribution in [3.05, 3.63) is 48.3 Å². The van der Waals surface area contributed by atoms with Gasteiger partial charge in [0, 0.05) is 24.1 Å². The molecule has 0 spiro atoms. The molecule has 0 saturated heterocycles. The van der Waals surface area contributed by atoms with E-state index in [9.17, 15) is 4.79 Å². The summed E-state index contributed by atoms with van der Waals surface area (Å²) >= 11 is 0. The molecule has 2 rings (SSSR count). The van der Waals surface area contributed by atoms with Gasteiger partial charge in [-0.1, -0.05) is 13.3 Å². The number of carbonyl (C=O) groups is 1. The maximum Gasteiger partial charge on any atom is 0.244 e. The molecule has 0 saturated carbocycles. The number of hydrogen-bond donors (Lipinski definition) is 2. The van der Waals surface area contributed by atoms with Crippen LogP contribution in [-0.2, 0) is 11.4 Å². The van der Waals surface area contributed by atoms with Gasteiger partial charge in [-0.2, -0.15) is 0 Å². The molecular formula is C19H26ClN3O3. The fourth-order valence-electron chi connectivity index (χ4n) is 2.41. The van der Waals surface area contributed by atoms with Crippen LogP contribution in [0.2, 0.25) is 0 Å². The van der Waals surface area contributed by atoms with Gasteiger partial charge in [-0.05, 0) is 43.2 Å². The molecule has 0 aliphatic carbocycles. The Kier molecular flexibility index (Phi) is 8.35. The van der Waals surface area contributed by atoms with Crippen LogP contribution in [0.3, 0.4) is 0 Å². The van der Waals surface area contributed by atoms with E-state index in [0.29, 0.717) is 30.2 Å². The van der Waals surface area contributed by atoms with E-state index in [1.54, 1.807) is 44.6 Å². The van der Waals surface area contributed by atoms with Crippen LogP contribution >= 0.6 is 12.4 Å². The lowest BCUT2D eigenvalue weighted by Crippen LogP contribution is -2.48. The second-order valence-corrected chi connectivity index (χ2v) is 6.13. The minimum atomic E-state index is -0.910. The summed E-state index contributed by atoms with van der Waals surface area (Å²) in [7, 11) is 1.57. The number of carbonyl (C=O) groups excluding carboxylic acids is 1. The zero-order valence-corrected chi connectivity index (χ0v) is 16.1. The number of nitrogens with two attached hydrogens (primary N) is 1. The Labute approximate surface area is 160 Å². The van der Waals surface area contributed by atoms with Crippen molar-refractivity contribution in [3.63, 3.8) is 0 Å². The molecule has 0 aliphatic rings. The van der Waals surface area contributed by atoms with Gasteiger partial charge in [-0.15, -0.1) is 12.4 Å². The average molecular weight is 380 g/mol. The quantitative estimate of drug-likeness (QED) is 0.732. The Bertz CT molecular complexity index is 708. The lowest BCUT2D eigenvalue weighted by Gasteiger charge is -2.23. The number of nitrogens with zero attached hydrogens (tertiary/aromatic N) is 1. The third kappa shape index (κ3) is 5.89. The van der Waals surface area contributed by atoms with E-state index in [1.807, 2.05) is 19.1 Å². The molecule has 1 amide bonds. The summed E-state index contributed by atoms with van der Waals surface area (Å²) < 4.78 is 11.2. The van der Waals surface area contributed by atoms with Crippen molar-refractivity contribution >= 4 is 24.0 Å². The largest absolute Gasteiger partial charge is 0.493 e. The molecule has 1 aromatic carbocycles. The number of amides is 1. The van der Waals surface area contributed by atoms with Crippen LogP contribution in [0.1, 0.15) is 32.3 Å². The fraction of sp³-hybridized carbons (Fsp3) is 0.368. The Morgan fingerprint density at radius 2 is 1.92 bits per heavy atom. The topological polar surface area (TPSA) is 86.5 Å². The first-order valence-electron chi connectivity index (χ1n) is 8.26. The van der Waals surface area contributed by atoms with E-state index in [2.05, 4.69) is 10.3 Å². The molecule has 1 atom stereocenters. The van der Waals surface area contributed by atoms with Gasteiger partial charge in [0.2, 0.25) is 5.91 Å². The van der Waals surface area contributed by atoms with E-state index < -0.39 is 5.54 Å². The zero-order chi connectivity index (χ0) is 18.3. The van der Waals surface area contributed by atoms with E-state index in [0.717, 1.165) is 12.0 Å². The minimum Gasteiger partial charge on any atom is -0.493 e. The van der Waals surface area contributed by atoms with Crippen LogP contribution in [0, 0.1) is 0 Å². The van der Waals surface area contributed by atoms with Crippen LogP contribution < -0.4 is 20.5 Å². The Hall–Kier alpha value is -2.31. The van der Waals surface area contributed by atoms with Gasteiger partial charge < -0.3 is 20.5 Å². The third-order valence-electron chi connectivity index (χ3n) is 3.85. The molecule has 0 radical (unpaired) electrons. The van der Waals surface area contributed by atoms with Crippen molar-refractivity contribution < 1.29 is 14.3 Å². The van der Waals surface area contributed by atoms with E-state index in [1.165, 1.54) is 0 Å². The first-order chi connectivity index (χ1) is 12.0. The normalized spacial score (nSPS) is 12.5. The maximum absolute atomic E-state index is 12.4. The monoisotopic (exact) mass is 379 g/mol. The number of halogens is 1. The summed E-state index contributed by atoms with van der Waals surface area (Å²) in [4.78, 5) is 16.3. The summed E-state index contributed by atoms with van der Waals surface area (Å²) in [6.45, 7) is 4.10. The van der Waals surface area contributed by atoms with Crippen molar-refractivity contribution in [1.29, 1.82) is 0 Å². The standard InChI is InChI=1S/C19H25N3O3.ClH/c1-4-9-19(2,20)18(23)22-15-5-6-16(24-3)17(12-15)25-13-14-7-10-21-11-8-14;/h5-8,10-12H,4,9,13,20H2,1-3H3,(H,22,23);1H. The first-order valence-corrected chi connectivity index (χ1v) is 8.26. The highest BCUT2D eigenvalue weighted by molar-refractivity contribution is 5.97. The molecular weight excluding hydrogens is 354 g/mol. The minimum absolute atomic E-state index is 0. The van der Waals surface area contributed by atoms with Gasteiger partial charge in [0.1, 0.15) is 6.61 Å². The number of anilines is 1. The molecule has 0 aliphatic heterocycles. The summed E-state index contributed by atoms with van der Waals surface area (Å²) in [6, 6.07) is 9.01. The third-order valence-corrected chi connectivity index (χ3v) is 3.85. The number of pyridine rings is 1. The predicted molar refractivity (Wildman–Crippen MR) is 105 cm³/mol. The van der Waals surface area contributed by atoms with Crippen molar-refractivity contribution in [2.24, 2.45) is 5.73 Å². The lowest BCUT2D eigenvalue weighted by atomic mass is 9.96. The number of methoxy groups -OCH3 is 1. The zero-order valence-electron chi connectivity index (χ0n) is 15.3. The lowest BCUT2D eigenvalue weighted by molar-refractivity contribution is -0.120.